The van der Waals surface area contributed by atoms with Crippen molar-refractivity contribution in [3.8, 4) is 0 Å². The molecule has 98 valence electrons. The van der Waals surface area contributed by atoms with Crippen LogP contribution in [0.4, 0.5) is 4.79 Å². The van der Waals surface area contributed by atoms with Gasteiger partial charge in [0.2, 0.25) is 0 Å². The molecule has 0 aromatic rings. The minimum absolute atomic E-state index is 0.0398. The molecule has 0 aliphatic carbocycles. The lowest BCUT2D eigenvalue weighted by atomic mass is 10.1. The molecule has 6 nitrogen and oxygen atoms in total. The molecule has 1 heterocycles. The first-order valence-corrected chi connectivity index (χ1v) is 6.00. The summed E-state index contributed by atoms with van der Waals surface area (Å²) in [5.74, 6) is -0.293. The van der Waals surface area contributed by atoms with E-state index in [1.54, 1.807) is 6.92 Å². The number of hydrogen-bond donors (Lipinski definition) is 2. The van der Waals surface area contributed by atoms with Gasteiger partial charge >= 0.3 is 12.1 Å². The third-order valence-corrected chi connectivity index (χ3v) is 2.78. The van der Waals surface area contributed by atoms with Gasteiger partial charge in [-0.2, -0.15) is 0 Å². The molecule has 0 bridgehead atoms. The Morgan fingerprint density at radius 3 is 2.88 bits per heavy atom. The van der Waals surface area contributed by atoms with Gasteiger partial charge < -0.3 is 20.1 Å². The van der Waals surface area contributed by atoms with E-state index in [9.17, 15) is 9.59 Å². The van der Waals surface area contributed by atoms with Gasteiger partial charge in [-0.25, -0.2) is 4.79 Å². The number of hydrogen-bond acceptors (Lipinski definition) is 4. The maximum atomic E-state index is 11.2. The van der Waals surface area contributed by atoms with Crippen LogP contribution < -0.4 is 5.32 Å². The number of likely N-dealkylation sites (tertiary alicyclic amines) is 1. The minimum Gasteiger partial charge on any atom is -0.465 e. The Kier molecular flexibility index (Phi) is 5.76. The van der Waals surface area contributed by atoms with Crippen LogP contribution in [0.1, 0.15) is 26.2 Å². The standard InChI is InChI=1S/C11H20N2O4/c1-2-17-10(14)7-12-9-5-3-4-6-13(8-9)11(15)16/h9,12H,2-8H2,1H3,(H,15,16). The van der Waals surface area contributed by atoms with Gasteiger partial charge in [0.05, 0.1) is 13.2 Å². The van der Waals surface area contributed by atoms with Gasteiger partial charge in [-0.1, -0.05) is 6.42 Å². The summed E-state index contributed by atoms with van der Waals surface area (Å²) in [7, 11) is 0. The summed E-state index contributed by atoms with van der Waals surface area (Å²) < 4.78 is 4.81. The molecule has 2 N–H and O–H groups in total. The molecule has 0 aromatic heterocycles. The first-order valence-electron chi connectivity index (χ1n) is 6.00. The highest BCUT2D eigenvalue weighted by Gasteiger charge is 2.21. The van der Waals surface area contributed by atoms with Gasteiger partial charge in [-0.05, 0) is 19.8 Å². The Balaban J connectivity index is 2.35. The Morgan fingerprint density at radius 1 is 1.47 bits per heavy atom. The highest BCUT2D eigenvalue weighted by Crippen LogP contribution is 2.10. The van der Waals surface area contributed by atoms with E-state index >= 15 is 0 Å². The first kappa shape index (κ1) is 13.8. The number of ether oxygens (including phenoxy) is 1. The van der Waals surface area contributed by atoms with Gasteiger partial charge in [0.25, 0.3) is 0 Å². The van der Waals surface area contributed by atoms with Crippen molar-refractivity contribution in [2.45, 2.75) is 32.2 Å². The van der Waals surface area contributed by atoms with E-state index in [0.717, 1.165) is 19.3 Å². The van der Waals surface area contributed by atoms with E-state index < -0.39 is 6.09 Å². The Hall–Kier alpha value is -1.30. The maximum absolute atomic E-state index is 11.2. The van der Waals surface area contributed by atoms with Gasteiger partial charge in [-0.15, -0.1) is 0 Å². The number of carbonyl (C=O) groups is 2. The number of carboxylic acid groups (broad SMARTS) is 1. The Morgan fingerprint density at radius 2 is 2.24 bits per heavy atom. The minimum atomic E-state index is -0.894. The quantitative estimate of drug-likeness (QED) is 0.711. The molecule has 1 fully saturated rings. The van der Waals surface area contributed by atoms with Crippen LogP contribution in [0.25, 0.3) is 0 Å². The molecule has 0 spiro atoms. The SMILES string of the molecule is CCOC(=O)CNC1CCCCN(C(=O)O)C1. The van der Waals surface area contributed by atoms with Gasteiger partial charge in [-0.3, -0.25) is 4.79 Å². The monoisotopic (exact) mass is 244 g/mol. The zero-order chi connectivity index (χ0) is 12.7. The molecule has 0 aromatic carbocycles. The summed E-state index contributed by atoms with van der Waals surface area (Å²) in [4.78, 5) is 23.5. The number of rotatable bonds is 4. The lowest BCUT2D eigenvalue weighted by molar-refractivity contribution is -0.142. The molecule has 0 radical (unpaired) electrons. The van der Waals surface area contributed by atoms with E-state index in [1.807, 2.05) is 0 Å². The van der Waals surface area contributed by atoms with Gasteiger partial charge in [0, 0.05) is 19.1 Å². The van der Waals surface area contributed by atoms with E-state index in [4.69, 9.17) is 9.84 Å². The highest BCUT2D eigenvalue weighted by molar-refractivity contribution is 5.71. The number of amides is 1. The fourth-order valence-electron chi connectivity index (χ4n) is 1.92. The van der Waals surface area contributed by atoms with Gasteiger partial charge in [0.1, 0.15) is 0 Å². The molecule has 1 atom stereocenters. The van der Waals surface area contributed by atoms with Crippen LogP contribution in [-0.4, -0.2) is 54.4 Å². The topological polar surface area (TPSA) is 78.9 Å². The zero-order valence-corrected chi connectivity index (χ0v) is 10.1. The second-order valence-electron chi connectivity index (χ2n) is 4.11. The number of esters is 1. The lowest BCUT2D eigenvalue weighted by Crippen LogP contribution is -2.43. The van der Waals surface area contributed by atoms with Crippen LogP contribution in [0.3, 0.4) is 0 Å². The molecule has 6 heteroatoms. The summed E-state index contributed by atoms with van der Waals surface area (Å²) in [6.45, 7) is 3.29. The van der Waals surface area contributed by atoms with Crippen molar-refractivity contribution in [1.82, 2.24) is 10.2 Å². The fraction of sp³-hybridized carbons (Fsp3) is 0.818. The normalized spacial score (nSPS) is 20.8. The van der Waals surface area contributed by atoms with Crippen LogP contribution in [0.2, 0.25) is 0 Å². The predicted molar refractivity (Wildman–Crippen MR) is 61.9 cm³/mol. The number of nitrogens with one attached hydrogen (secondary N) is 1. The molecule has 1 rings (SSSR count). The zero-order valence-electron chi connectivity index (χ0n) is 10.1. The second kappa shape index (κ2) is 7.11. The van der Waals surface area contributed by atoms with Crippen molar-refractivity contribution in [1.29, 1.82) is 0 Å². The molecule has 17 heavy (non-hydrogen) atoms. The highest BCUT2D eigenvalue weighted by atomic mass is 16.5. The summed E-state index contributed by atoms with van der Waals surface area (Å²) in [6.07, 6.45) is 1.85. The maximum Gasteiger partial charge on any atom is 0.407 e. The number of nitrogens with zero attached hydrogens (tertiary/aromatic N) is 1. The van der Waals surface area contributed by atoms with Crippen LogP contribution in [0.5, 0.6) is 0 Å². The Labute approximate surface area is 101 Å². The average Bonchev–Trinajstić information content (AvgIpc) is 2.52. The smallest absolute Gasteiger partial charge is 0.407 e. The third-order valence-electron chi connectivity index (χ3n) is 2.78. The first-order chi connectivity index (χ1) is 8.13. The number of carbonyl (C=O) groups excluding carboxylic acids is 1. The summed E-state index contributed by atoms with van der Waals surface area (Å²) in [5.41, 5.74) is 0. The van der Waals surface area contributed by atoms with Crippen LogP contribution >= 0.6 is 0 Å². The van der Waals surface area contributed by atoms with Crippen molar-refractivity contribution >= 4 is 12.1 Å². The third kappa shape index (κ3) is 5.04. The fourth-order valence-corrected chi connectivity index (χ4v) is 1.92. The summed E-state index contributed by atoms with van der Waals surface area (Å²) in [5, 5.41) is 12.0. The molecule has 1 saturated heterocycles. The lowest BCUT2D eigenvalue weighted by Gasteiger charge is -2.22. The summed E-state index contributed by atoms with van der Waals surface area (Å²) in [6, 6.07) is 0.0398. The van der Waals surface area contributed by atoms with Crippen LogP contribution in [-0.2, 0) is 9.53 Å². The van der Waals surface area contributed by atoms with Crippen molar-refractivity contribution in [3.63, 3.8) is 0 Å². The van der Waals surface area contributed by atoms with Gasteiger partial charge in [0.15, 0.2) is 0 Å². The van der Waals surface area contributed by atoms with Crippen molar-refractivity contribution in [2.75, 3.05) is 26.2 Å². The van der Waals surface area contributed by atoms with Crippen LogP contribution in [0, 0.1) is 0 Å². The Bertz CT molecular complexity index is 270. The predicted octanol–water partition coefficient (Wildman–Crippen LogP) is 0.672. The molecule has 1 unspecified atom stereocenters. The molecule has 1 amide bonds. The second-order valence-corrected chi connectivity index (χ2v) is 4.11. The van der Waals surface area contributed by atoms with E-state index in [1.165, 1.54) is 4.90 Å². The van der Waals surface area contributed by atoms with Crippen molar-refractivity contribution in [3.05, 3.63) is 0 Å². The molecule has 1 aliphatic heterocycles. The van der Waals surface area contributed by atoms with Crippen molar-refractivity contribution in [2.24, 2.45) is 0 Å². The molecule has 0 saturated carbocycles. The van der Waals surface area contributed by atoms with E-state index in [-0.39, 0.29) is 18.6 Å². The largest absolute Gasteiger partial charge is 0.465 e. The average molecular weight is 244 g/mol. The molecular weight excluding hydrogens is 224 g/mol. The molecule has 1 aliphatic rings. The van der Waals surface area contributed by atoms with E-state index in [2.05, 4.69) is 5.32 Å². The summed E-state index contributed by atoms with van der Waals surface area (Å²) >= 11 is 0. The van der Waals surface area contributed by atoms with Crippen LogP contribution in [0.15, 0.2) is 0 Å². The van der Waals surface area contributed by atoms with Crippen molar-refractivity contribution < 1.29 is 19.4 Å². The molecular formula is C11H20N2O4. The van der Waals surface area contributed by atoms with E-state index in [0.29, 0.717) is 19.7 Å².